The van der Waals surface area contributed by atoms with E-state index in [4.69, 9.17) is 14.2 Å². The maximum absolute atomic E-state index is 13.3. The minimum Gasteiger partial charge on any atom is -0.507 e. The Kier molecular flexibility index (Phi) is 8.40. The molecule has 0 spiro atoms. The zero-order valence-corrected chi connectivity index (χ0v) is 21.2. The largest absolute Gasteiger partial charge is 0.507 e. The molecule has 0 saturated carbocycles. The first-order valence-electron chi connectivity index (χ1n) is 11.6. The molecule has 2 aromatic carbocycles. The molecule has 1 aliphatic rings. The summed E-state index contributed by atoms with van der Waals surface area (Å²) in [5.41, 5.74) is 1.00. The number of carbonyl (C=O) groups excluding carboxylic acids is 2. The van der Waals surface area contributed by atoms with Crippen molar-refractivity contribution < 1.29 is 28.9 Å². The Morgan fingerprint density at radius 3 is 2.26 bits per heavy atom. The van der Waals surface area contributed by atoms with Crippen molar-refractivity contribution in [2.24, 2.45) is 0 Å². The van der Waals surface area contributed by atoms with Crippen LogP contribution in [0.3, 0.4) is 0 Å². The molecule has 3 rings (SSSR count). The molecule has 35 heavy (non-hydrogen) atoms. The molecule has 1 atom stereocenters. The SMILES string of the molecule is COc1ccc(OC)c(C2/C(=C(/O)c3ccc(OC(C)C)cc3)C(=O)C(=O)N2CCCN(C)C)c1. The second-order valence-electron chi connectivity index (χ2n) is 8.95. The molecule has 0 aromatic heterocycles. The van der Waals surface area contributed by atoms with E-state index in [1.807, 2.05) is 32.8 Å². The van der Waals surface area contributed by atoms with E-state index in [9.17, 15) is 14.7 Å². The highest BCUT2D eigenvalue weighted by molar-refractivity contribution is 6.46. The quantitative estimate of drug-likeness (QED) is 0.312. The van der Waals surface area contributed by atoms with Crippen LogP contribution in [0.4, 0.5) is 0 Å². The van der Waals surface area contributed by atoms with Crippen molar-refractivity contribution in [1.82, 2.24) is 9.80 Å². The minimum atomic E-state index is -0.825. The summed E-state index contributed by atoms with van der Waals surface area (Å²) in [5, 5.41) is 11.3. The van der Waals surface area contributed by atoms with Gasteiger partial charge in [0.25, 0.3) is 11.7 Å². The van der Waals surface area contributed by atoms with Gasteiger partial charge in [-0.05, 0) is 83.4 Å². The Morgan fingerprint density at radius 1 is 1.03 bits per heavy atom. The van der Waals surface area contributed by atoms with E-state index in [0.717, 1.165) is 6.54 Å². The number of rotatable bonds is 10. The molecule has 0 radical (unpaired) electrons. The highest BCUT2D eigenvalue weighted by Gasteiger charge is 2.47. The predicted octanol–water partition coefficient (Wildman–Crippen LogP) is 3.86. The molecule has 1 heterocycles. The summed E-state index contributed by atoms with van der Waals surface area (Å²) >= 11 is 0. The van der Waals surface area contributed by atoms with Crippen LogP contribution in [0.25, 0.3) is 5.76 Å². The van der Waals surface area contributed by atoms with E-state index in [-0.39, 0.29) is 17.4 Å². The third kappa shape index (κ3) is 5.77. The molecule has 1 amide bonds. The predicted molar refractivity (Wildman–Crippen MR) is 134 cm³/mol. The number of ketones is 1. The lowest BCUT2D eigenvalue weighted by Crippen LogP contribution is -2.32. The van der Waals surface area contributed by atoms with E-state index in [0.29, 0.717) is 41.3 Å². The van der Waals surface area contributed by atoms with Gasteiger partial charge in [0, 0.05) is 17.7 Å². The molecule has 2 aromatic rings. The van der Waals surface area contributed by atoms with Crippen LogP contribution in [0.15, 0.2) is 48.0 Å². The molecule has 1 N–H and O–H groups in total. The van der Waals surface area contributed by atoms with E-state index in [2.05, 4.69) is 0 Å². The smallest absolute Gasteiger partial charge is 0.295 e. The second kappa shape index (κ2) is 11.3. The van der Waals surface area contributed by atoms with Crippen molar-refractivity contribution in [3.8, 4) is 17.2 Å². The number of benzene rings is 2. The highest BCUT2D eigenvalue weighted by atomic mass is 16.5. The number of hydrogen-bond donors (Lipinski definition) is 1. The number of methoxy groups -OCH3 is 2. The van der Waals surface area contributed by atoms with Gasteiger partial charge in [0.1, 0.15) is 23.0 Å². The summed E-state index contributed by atoms with van der Waals surface area (Å²) in [6.45, 7) is 4.92. The maximum atomic E-state index is 13.3. The number of likely N-dealkylation sites (tertiary alicyclic amines) is 1. The molecule has 8 heteroatoms. The van der Waals surface area contributed by atoms with Crippen LogP contribution in [0, 0.1) is 0 Å². The standard InChI is InChI=1S/C27H34N2O6/c1-17(2)35-19-10-8-18(9-11-19)25(30)23-24(21-16-20(33-5)12-13-22(21)34-6)29(27(32)26(23)31)15-7-14-28(3)4/h8-13,16-17,24,30H,7,14-15H2,1-6H3/b25-23-. The van der Waals surface area contributed by atoms with Crippen molar-refractivity contribution in [3.63, 3.8) is 0 Å². The molecule has 0 bridgehead atoms. The second-order valence-corrected chi connectivity index (χ2v) is 8.95. The van der Waals surface area contributed by atoms with Gasteiger partial charge in [-0.1, -0.05) is 0 Å². The van der Waals surface area contributed by atoms with Gasteiger partial charge in [-0.2, -0.15) is 0 Å². The van der Waals surface area contributed by atoms with Crippen molar-refractivity contribution >= 4 is 17.4 Å². The number of aliphatic hydroxyl groups is 1. The monoisotopic (exact) mass is 482 g/mol. The average Bonchev–Trinajstić information content (AvgIpc) is 3.08. The number of Topliss-reactive ketones (excluding diaryl/α,β-unsaturated/α-hetero) is 1. The summed E-state index contributed by atoms with van der Waals surface area (Å²) in [7, 11) is 6.96. The summed E-state index contributed by atoms with van der Waals surface area (Å²) in [6.07, 6.45) is 0.659. The number of aliphatic hydroxyl groups excluding tert-OH is 1. The lowest BCUT2D eigenvalue weighted by molar-refractivity contribution is -0.140. The summed E-state index contributed by atoms with van der Waals surface area (Å²) in [4.78, 5) is 29.9. The zero-order valence-electron chi connectivity index (χ0n) is 21.2. The van der Waals surface area contributed by atoms with Crippen LogP contribution in [-0.2, 0) is 9.59 Å². The van der Waals surface area contributed by atoms with Gasteiger partial charge in [-0.3, -0.25) is 9.59 Å². The number of ether oxygens (including phenoxy) is 3. The maximum Gasteiger partial charge on any atom is 0.295 e. The van der Waals surface area contributed by atoms with Crippen LogP contribution >= 0.6 is 0 Å². The van der Waals surface area contributed by atoms with Gasteiger partial charge in [-0.15, -0.1) is 0 Å². The lowest BCUT2D eigenvalue weighted by atomic mass is 9.94. The third-order valence-electron chi connectivity index (χ3n) is 5.78. The van der Waals surface area contributed by atoms with Crippen LogP contribution in [0.2, 0.25) is 0 Å². The number of hydrogen-bond acceptors (Lipinski definition) is 7. The number of carbonyl (C=O) groups is 2. The van der Waals surface area contributed by atoms with Crippen LogP contribution in [-0.4, -0.2) is 74.1 Å². The lowest BCUT2D eigenvalue weighted by Gasteiger charge is -2.27. The van der Waals surface area contributed by atoms with Gasteiger partial charge in [-0.25, -0.2) is 0 Å². The topological polar surface area (TPSA) is 88.5 Å². The van der Waals surface area contributed by atoms with Crippen molar-refractivity contribution in [2.45, 2.75) is 32.4 Å². The van der Waals surface area contributed by atoms with Crippen LogP contribution in [0.1, 0.15) is 37.4 Å². The first kappa shape index (κ1) is 26.1. The van der Waals surface area contributed by atoms with Gasteiger partial charge in [0.15, 0.2) is 0 Å². The van der Waals surface area contributed by atoms with Gasteiger partial charge < -0.3 is 29.1 Å². The Balaban J connectivity index is 2.14. The number of amides is 1. The van der Waals surface area contributed by atoms with Gasteiger partial charge >= 0.3 is 0 Å². The molecule has 1 fully saturated rings. The molecule has 0 aliphatic carbocycles. The molecule has 1 aliphatic heterocycles. The Morgan fingerprint density at radius 2 is 1.69 bits per heavy atom. The minimum absolute atomic E-state index is 0.00228. The number of nitrogens with zero attached hydrogens (tertiary/aromatic N) is 2. The van der Waals surface area contributed by atoms with E-state index < -0.39 is 17.7 Å². The third-order valence-corrected chi connectivity index (χ3v) is 5.78. The molecule has 8 nitrogen and oxygen atoms in total. The van der Waals surface area contributed by atoms with E-state index >= 15 is 0 Å². The molecule has 1 saturated heterocycles. The highest BCUT2D eigenvalue weighted by Crippen LogP contribution is 2.44. The average molecular weight is 483 g/mol. The Bertz CT molecular complexity index is 1090. The van der Waals surface area contributed by atoms with E-state index in [1.54, 1.807) is 49.6 Å². The van der Waals surface area contributed by atoms with E-state index in [1.165, 1.54) is 12.0 Å². The van der Waals surface area contributed by atoms with Crippen molar-refractivity contribution in [1.29, 1.82) is 0 Å². The fraction of sp³-hybridized carbons (Fsp3) is 0.407. The molecular formula is C27H34N2O6. The first-order valence-corrected chi connectivity index (χ1v) is 11.6. The van der Waals surface area contributed by atoms with Gasteiger partial charge in [0.05, 0.1) is 31.9 Å². The van der Waals surface area contributed by atoms with Crippen molar-refractivity contribution in [2.75, 3.05) is 41.4 Å². The van der Waals surface area contributed by atoms with Crippen LogP contribution in [0.5, 0.6) is 17.2 Å². The molecule has 1 unspecified atom stereocenters. The fourth-order valence-corrected chi connectivity index (χ4v) is 4.16. The first-order chi connectivity index (χ1) is 16.7. The summed E-state index contributed by atoms with van der Waals surface area (Å²) in [5.74, 6) is 0.0533. The molecular weight excluding hydrogens is 448 g/mol. The van der Waals surface area contributed by atoms with Crippen LogP contribution < -0.4 is 14.2 Å². The molecule has 188 valence electrons. The zero-order chi connectivity index (χ0) is 25.7. The summed E-state index contributed by atoms with van der Waals surface area (Å²) < 4.78 is 16.6. The fourth-order valence-electron chi connectivity index (χ4n) is 4.16. The Labute approximate surface area is 206 Å². The Hall–Kier alpha value is -3.52. The normalized spacial score (nSPS) is 17.4. The van der Waals surface area contributed by atoms with Crippen molar-refractivity contribution in [3.05, 3.63) is 59.2 Å². The van der Waals surface area contributed by atoms with Gasteiger partial charge in [0.2, 0.25) is 0 Å². The summed E-state index contributed by atoms with van der Waals surface area (Å²) in [6, 6.07) is 11.2.